The van der Waals surface area contributed by atoms with Gasteiger partial charge in [-0.1, -0.05) is 19.1 Å². The number of primary amides is 1. The number of phenolic OH excluding ortho intramolecular Hbond substituents is 1. The minimum absolute atomic E-state index is 0. The van der Waals surface area contributed by atoms with Crippen LogP contribution in [-0.4, -0.2) is 137 Å². The first-order valence-corrected chi connectivity index (χ1v) is 18.3. The van der Waals surface area contributed by atoms with Crippen molar-refractivity contribution in [3.8, 4) is 5.75 Å². The monoisotopic (exact) mass is 1100 g/mol. The number of aliphatic hydroxyl groups excluding tert-OH is 1. The first-order valence-electron chi connectivity index (χ1n) is 18.3. The SMILES string of the molecule is CCC1NC(=O)C(NC)CCCNC(=O)[C@@H]2CCCN2C(=O)C(CCC(N)=O)NC(=O)C(C(O)Cc2ccc(O)cc2)NC(=O)C2CCCN2C1=O.[CH-]=O.[CH3-].[U].[Y]. The van der Waals surface area contributed by atoms with Crippen molar-refractivity contribution in [3.05, 3.63) is 37.3 Å². The molecule has 9 N–H and O–H groups in total. The van der Waals surface area contributed by atoms with Gasteiger partial charge in [-0.25, -0.2) is 0 Å². The molecule has 1 aromatic rings. The summed E-state index contributed by atoms with van der Waals surface area (Å²) in [5, 5.41) is 35.0. The van der Waals surface area contributed by atoms with Crippen LogP contribution in [-0.2, 0) is 77.5 Å². The quantitative estimate of drug-likeness (QED) is 0.105. The van der Waals surface area contributed by atoms with Gasteiger partial charge in [-0.05, 0) is 76.1 Å². The molecule has 3 aliphatic heterocycles. The summed E-state index contributed by atoms with van der Waals surface area (Å²) in [5.41, 5.74) is 5.93. The Kier molecular flexibility index (Phi) is 25.5. The van der Waals surface area contributed by atoms with E-state index >= 15 is 0 Å². The van der Waals surface area contributed by atoms with Crippen LogP contribution in [0.5, 0.6) is 5.75 Å². The number of fused-ring (bicyclic) bond motifs is 2. The van der Waals surface area contributed by atoms with Gasteiger partial charge in [-0.15, -0.1) is 0 Å². The van der Waals surface area contributed by atoms with E-state index in [-0.39, 0.29) is 129 Å². The van der Waals surface area contributed by atoms with Crippen LogP contribution in [0.2, 0.25) is 0 Å². The molecule has 3 saturated heterocycles. The second-order valence-corrected chi connectivity index (χ2v) is 13.6. The second-order valence-electron chi connectivity index (χ2n) is 13.6. The van der Waals surface area contributed by atoms with Crippen LogP contribution in [0.1, 0.15) is 70.3 Å². The molecule has 0 saturated carbocycles. The minimum Gasteiger partial charge on any atom is -0.545 e. The predicted molar refractivity (Wildman–Crippen MR) is 200 cm³/mol. The Morgan fingerprint density at radius 1 is 0.860 bits per heavy atom. The van der Waals surface area contributed by atoms with Crippen LogP contribution in [0.25, 0.3) is 0 Å². The number of carbonyl (C=O) groups excluding carboxylic acids is 8. The number of nitrogens with two attached hydrogens (primary N) is 1. The summed E-state index contributed by atoms with van der Waals surface area (Å²) >= 11 is 0. The van der Waals surface area contributed by atoms with Crippen LogP contribution in [0, 0.1) is 38.5 Å². The van der Waals surface area contributed by atoms with Crippen molar-refractivity contribution in [1.82, 2.24) is 36.4 Å². The number of aliphatic hydroxyl groups is 1. The molecule has 0 spiro atoms. The van der Waals surface area contributed by atoms with Gasteiger partial charge in [0.15, 0.2) is 0 Å². The maximum absolute atomic E-state index is 14.0. The molecule has 1 aromatic carbocycles. The van der Waals surface area contributed by atoms with Gasteiger partial charge in [-0.3, -0.25) is 40.4 Å². The summed E-state index contributed by atoms with van der Waals surface area (Å²) < 4.78 is 0. The molecule has 313 valence electrons. The number of nitrogens with zero attached hydrogens (tertiary/aromatic N) is 2. The Labute approximate surface area is 382 Å². The van der Waals surface area contributed by atoms with E-state index in [9.17, 15) is 43.8 Å². The summed E-state index contributed by atoms with van der Waals surface area (Å²) in [6, 6.07) is -0.540. The van der Waals surface area contributed by atoms with E-state index in [2.05, 4.69) is 33.4 Å². The molecule has 7 amide bonds. The molecule has 6 unspecified atom stereocenters. The smallest absolute Gasteiger partial charge is 0.245 e. The van der Waals surface area contributed by atoms with Crippen molar-refractivity contribution in [2.24, 2.45) is 5.73 Å². The van der Waals surface area contributed by atoms with E-state index in [0.29, 0.717) is 37.7 Å². The molecule has 0 aliphatic carbocycles. The zero-order valence-electron chi connectivity index (χ0n) is 32.8. The van der Waals surface area contributed by atoms with Crippen LogP contribution >= 0.6 is 0 Å². The standard InChI is InChI=1S/C35H52N8O9.CHO.CH3.U.Y/c1-3-22-34(51)43-18-6-9-26(43)32(49)41-29(27(45)19-20-10-12-21(44)13-11-20)33(50)40-24(14-15-28(36)46)35(52)42-17-5-8-25(42)31(48)38-16-4-7-23(37-2)30(47)39-22;1-2;;;/h10-13,22-27,29,37,44-45H,3-9,14-19H2,1-2H3,(H2,36,46)(H,38,48)(H,39,47)(H,40,50)(H,41,49);1H;1H3;;/q;2*-1;;/t22?,23?,24?,25-,26?,27?,29?;;;;/m0..../s1. The fourth-order valence-electron chi connectivity index (χ4n) is 7.04. The summed E-state index contributed by atoms with van der Waals surface area (Å²) in [6.07, 6.45) is 0.465. The number of carbonyl (C=O) groups is 7. The third kappa shape index (κ3) is 15.3. The molecule has 0 aromatic heterocycles. The molecule has 7 atom stereocenters. The molecule has 18 nitrogen and oxygen atoms in total. The summed E-state index contributed by atoms with van der Waals surface area (Å²) in [7, 11) is 1.62. The number of phenols is 1. The Hall–Kier alpha value is -2.94. The van der Waals surface area contributed by atoms with Gasteiger partial charge in [0, 0.05) is 96.3 Å². The zero-order valence-corrected chi connectivity index (χ0v) is 39.8. The average Bonchev–Trinajstić information content (AvgIpc) is 3.86. The van der Waals surface area contributed by atoms with E-state index in [1.807, 2.05) is 0 Å². The largest absolute Gasteiger partial charge is 0.545 e. The van der Waals surface area contributed by atoms with Gasteiger partial charge >= 0.3 is 0 Å². The van der Waals surface area contributed by atoms with Crippen molar-refractivity contribution >= 4 is 48.1 Å². The molecule has 1 radical (unpaired) electrons. The van der Waals surface area contributed by atoms with Gasteiger partial charge in [0.2, 0.25) is 41.4 Å². The number of nitrogens with one attached hydrogen (secondary N) is 5. The van der Waals surface area contributed by atoms with E-state index in [0.717, 1.165) is 0 Å². The third-order valence-electron chi connectivity index (χ3n) is 9.97. The first kappa shape index (κ1) is 54.1. The number of rotatable bonds is 8. The molecule has 57 heavy (non-hydrogen) atoms. The molecule has 4 rings (SSSR count). The van der Waals surface area contributed by atoms with Gasteiger partial charge in [-0.2, -0.15) is 0 Å². The summed E-state index contributed by atoms with van der Waals surface area (Å²) in [4.78, 5) is 105. The second kappa shape index (κ2) is 26.9. The van der Waals surface area contributed by atoms with Crippen LogP contribution < -0.4 is 32.3 Å². The van der Waals surface area contributed by atoms with Crippen molar-refractivity contribution in [3.63, 3.8) is 0 Å². The first-order chi connectivity index (χ1) is 25.8. The number of hydrogen-bond donors (Lipinski definition) is 8. The van der Waals surface area contributed by atoms with Crippen LogP contribution in [0.4, 0.5) is 0 Å². The predicted octanol–water partition coefficient (Wildman–Crippen LogP) is -1.92. The fraction of sp³-hybridized carbons (Fsp3) is 0.595. The van der Waals surface area contributed by atoms with Crippen molar-refractivity contribution < 1.29 is 112 Å². The minimum atomic E-state index is -1.63. The van der Waals surface area contributed by atoms with Crippen LogP contribution in [0.3, 0.4) is 0 Å². The number of hydrogen-bond acceptors (Lipinski definition) is 11. The molecule has 3 fully saturated rings. The molecule has 3 heterocycles. The fourth-order valence-corrected chi connectivity index (χ4v) is 7.04. The molecular formula is C37H56N8O10UY-2. The van der Waals surface area contributed by atoms with Gasteiger partial charge in [0.25, 0.3) is 0 Å². The normalized spacial score (nSPS) is 25.4. The topological polar surface area (TPSA) is 270 Å². The summed E-state index contributed by atoms with van der Waals surface area (Å²) in [6.45, 7) is 5.65. The maximum atomic E-state index is 14.0. The summed E-state index contributed by atoms with van der Waals surface area (Å²) in [5.74, 6) is -4.29. The zero-order chi connectivity index (χ0) is 39.9. The third-order valence-corrected chi connectivity index (χ3v) is 9.97. The molecule has 20 heteroatoms. The average molecular weight is 1100 g/mol. The van der Waals surface area contributed by atoms with E-state index in [1.54, 1.807) is 26.1 Å². The van der Waals surface area contributed by atoms with Gasteiger partial charge < -0.3 is 64.6 Å². The Balaban J connectivity index is 0.00000617. The maximum Gasteiger partial charge on any atom is 0.245 e. The van der Waals surface area contributed by atoms with Gasteiger partial charge in [0.05, 0.1) is 12.1 Å². The van der Waals surface area contributed by atoms with Crippen molar-refractivity contribution in [2.45, 2.75) is 113 Å². The Bertz CT molecular complexity index is 1510. The Morgan fingerprint density at radius 3 is 1.95 bits per heavy atom. The van der Waals surface area contributed by atoms with E-state index in [4.69, 9.17) is 10.5 Å². The number of likely N-dealkylation sites (N-methyl/N-ethyl adjacent to an activating group) is 1. The molecule has 3 aliphatic rings. The van der Waals surface area contributed by atoms with Gasteiger partial charge in [0.1, 0.15) is 36.0 Å². The van der Waals surface area contributed by atoms with Crippen molar-refractivity contribution in [1.29, 1.82) is 0 Å². The molecule has 0 bridgehead atoms. The van der Waals surface area contributed by atoms with Crippen molar-refractivity contribution in [2.75, 3.05) is 26.7 Å². The number of aromatic hydroxyl groups is 1. The van der Waals surface area contributed by atoms with Crippen LogP contribution in [0.15, 0.2) is 24.3 Å². The number of benzene rings is 1. The Morgan fingerprint density at radius 2 is 1.40 bits per heavy atom. The number of amides is 7. The van der Waals surface area contributed by atoms with E-state index in [1.165, 1.54) is 21.9 Å². The van der Waals surface area contributed by atoms with E-state index < -0.39 is 83.7 Å². The molecular weight excluding hydrogens is 1040 g/mol.